The van der Waals surface area contributed by atoms with Gasteiger partial charge in [0.15, 0.2) is 18.2 Å². The van der Waals surface area contributed by atoms with E-state index in [0.717, 1.165) is 12.1 Å². The maximum atomic E-state index is 13.0. The molecule has 0 spiro atoms. The second kappa shape index (κ2) is 6.69. The summed E-state index contributed by atoms with van der Waals surface area (Å²) in [4.78, 5) is 11.6. The molecule has 2 aromatic carbocycles. The molecule has 0 unspecified atom stereocenters. The quantitative estimate of drug-likeness (QED) is 0.831. The Hall–Kier alpha value is -2.63. The summed E-state index contributed by atoms with van der Waals surface area (Å²) >= 11 is 0. The second-order valence-corrected chi connectivity index (χ2v) is 4.38. The number of amides is 1. The summed E-state index contributed by atoms with van der Waals surface area (Å²) in [6, 6.07) is 10.1. The first-order chi connectivity index (χ1) is 10.0. The summed E-state index contributed by atoms with van der Waals surface area (Å²) in [7, 11) is 0. The average molecular weight is 292 g/mol. The van der Waals surface area contributed by atoms with Gasteiger partial charge < -0.3 is 15.8 Å². The lowest BCUT2D eigenvalue weighted by molar-refractivity contribution is -0.123. The number of nitrogens with one attached hydrogen (secondary N) is 1. The van der Waals surface area contributed by atoms with E-state index in [1.54, 1.807) is 24.3 Å². The van der Waals surface area contributed by atoms with Gasteiger partial charge in [-0.2, -0.15) is 0 Å². The van der Waals surface area contributed by atoms with Crippen molar-refractivity contribution in [3.05, 3.63) is 59.7 Å². The molecule has 2 rings (SSSR count). The fraction of sp³-hybridized carbons (Fsp3) is 0.133. The standard InChI is InChI=1S/C15H14F2N2O2/c16-13-6-1-10(7-14(13)17)8-19-15(20)9-21-12-4-2-11(18)3-5-12/h1-7H,8-9,18H2,(H,19,20). The lowest BCUT2D eigenvalue weighted by atomic mass is 10.2. The van der Waals surface area contributed by atoms with Gasteiger partial charge in [0.2, 0.25) is 0 Å². The van der Waals surface area contributed by atoms with Crippen LogP contribution in [-0.2, 0) is 11.3 Å². The van der Waals surface area contributed by atoms with Crippen molar-refractivity contribution in [2.24, 2.45) is 0 Å². The molecule has 0 saturated carbocycles. The number of ether oxygens (including phenoxy) is 1. The van der Waals surface area contributed by atoms with Gasteiger partial charge in [-0.25, -0.2) is 8.78 Å². The van der Waals surface area contributed by atoms with E-state index in [1.165, 1.54) is 6.07 Å². The molecule has 0 radical (unpaired) electrons. The Labute approximate surface area is 120 Å². The number of rotatable bonds is 5. The van der Waals surface area contributed by atoms with Crippen molar-refractivity contribution >= 4 is 11.6 Å². The number of carbonyl (C=O) groups excluding carboxylic acids is 1. The van der Waals surface area contributed by atoms with Crippen LogP contribution in [0.5, 0.6) is 5.75 Å². The molecule has 0 bridgehead atoms. The summed E-state index contributed by atoms with van der Waals surface area (Å²) in [6.45, 7) is -0.0747. The molecule has 1 amide bonds. The van der Waals surface area contributed by atoms with Gasteiger partial charge in [-0.15, -0.1) is 0 Å². The molecular formula is C15H14F2N2O2. The third-order valence-electron chi connectivity index (χ3n) is 2.72. The van der Waals surface area contributed by atoms with Gasteiger partial charge in [0.1, 0.15) is 5.75 Å². The van der Waals surface area contributed by atoms with E-state index in [2.05, 4.69) is 5.32 Å². The van der Waals surface area contributed by atoms with Crippen molar-refractivity contribution in [1.29, 1.82) is 0 Å². The zero-order valence-corrected chi connectivity index (χ0v) is 11.1. The molecule has 2 aromatic rings. The molecule has 3 N–H and O–H groups in total. The number of nitrogen functional groups attached to an aromatic ring is 1. The SMILES string of the molecule is Nc1ccc(OCC(=O)NCc2ccc(F)c(F)c2)cc1. The summed E-state index contributed by atoms with van der Waals surface area (Å²) in [5.41, 5.74) is 6.59. The van der Waals surface area contributed by atoms with Crippen molar-refractivity contribution in [2.75, 3.05) is 12.3 Å². The van der Waals surface area contributed by atoms with Crippen LogP contribution < -0.4 is 15.8 Å². The summed E-state index contributed by atoms with van der Waals surface area (Å²) in [5.74, 6) is -1.71. The maximum absolute atomic E-state index is 13.0. The van der Waals surface area contributed by atoms with E-state index in [0.29, 0.717) is 17.0 Å². The van der Waals surface area contributed by atoms with Crippen LogP contribution in [0.3, 0.4) is 0 Å². The molecule has 0 fully saturated rings. The van der Waals surface area contributed by atoms with Gasteiger partial charge >= 0.3 is 0 Å². The number of nitrogens with two attached hydrogens (primary N) is 1. The van der Waals surface area contributed by atoms with Crippen molar-refractivity contribution < 1.29 is 18.3 Å². The van der Waals surface area contributed by atoms with Crippen LogP contribution in [0.1, 0.15) is 5.56 Å². The summed E-state index contributed by atoms with van der Waals surface area (Å²) in [6.07, 6.45) is 0. The first-order valence-corrected chi connectivity index (χ1v) is 6.23. The van der Waals surface area contributed by atoms with Crippen molar-refractivity contribution in [1.82, 2.24) is 5.32 Å². The number of hydrogen-bond donors (Lipinski definition) is 2. The van der Waals surface area contributed by atoms with Gasteiger partial charge in [-0.3, -0.25) is 4.79 Å². The van der Waals surface area contributed by atoms with Crippen molar-refractivity contribution in [3.8, 4) is 5.75 Å². The third-order valence-corrected chi connectivity index (χ3v) is 2.72. The number of anilines is 1. The van der Waals surface area contributed by atoms with Gasteiger partial charge in [-0.05, 0) is 42.0 Å². The molecule has 0 aliphatic rings. The molecular weight excluding hydrogens is 278 g/mol. The van der Waals surface area contributed by atoms with Crippen LogP contribution in [0, 0.1) is 11.6 Å². The Morgan fingerprint density at radius 1 is 1.10 bits per heavy atom. The van der Waals surface area contributed by atoms with Gasteiger partial charge in [-0.1, -0.05) is 6.07 Å². The fourth-order valence-corrected chi connectivity index (χ4v) is 1.61. The van der Waals surface area contributed by atoms with Crippen LogP contribution in [0.15, 0.2) is 42.5 Å². The highest BCUT2D eigenvalue weighted by Gasteiger charge is 2.05. The number of halogens is 2. The predicted octanol–water partition coefficient (Wildman–Crippen LogP) is 2.24. The fourth-order valence-electron chi connectivity index (χ4n) is 1.61. The lowest BCUT2D eigenvalue weighted by Crippen LogP contribution is -2.28. The van der Waals surface area contributed by atoms with E-state index >= 15 is 0 Å². The Morgan fingerprint density at radius 2 is 1.81 bits per heavy atom. The Morgan fingerprint density at radius 3 is 2.48 bits per heavy atom. The highest BCUT2D eigenvalue weighted by atomic mass is 19.2. The van der Waals surface area contributed by atoms with E-state index < -0.39 is 11.6 Å². The van der Waals surface area contributed by atoms with Gasteiger partial charge in [0.05, 0.1) is 0 Å². The topological polar surface area (TPSA) is 64.3 Å². The minimum Gasteiger partial charge on any atom is -0.484 e. The molecule has 0 aromatic heterocycles. The summed E-state index contributed by atoms with van der Waals surface area (Å²) in [5, 5.41) is 2.55. The Balaban J connectivity index is 1.79. The second-order valence-electron chi connectivity index (χ2n) is 4.38. The molecule has 0 saturated heterocycles. The summed E-state index contributed by atoms with van der Waals surface area (Å²) < 4.78 is 31.0. The molecule has 4 nitrogen and oxygen atoms in total. The minimum absolute atomic E-state index is 0.0983. The monoisotopic (exact) mass is 292 g/mol. The van der Waals surface area contributed by atoms with E-state index in [-0.39, 0.29) is 19.1 Å². The highest BCUT2D eigenvalue weighted by molar-refractivity contribution is 5.77. The molecule has 0 atom stereocenters. The minimum atomic E-state index is -0.945. The zero-order valence-electron chi connectivity index (χ0n) is 11.1. The largest absolute Gasteiger partial charge is 0.484 e. The van der Waals surface area contributed by atoms with Crippen LogP contribution in [0.4, 0.5) is 14.5 Å². The lowest BCUT2D eigenvalue weighted by Gasteiger charge is -2.08. The molecule has 0 aliphatic carbocycles. The van der Waals surface area contributed by atoms with E-state index in [9.17, 15) is 13.6 Å². The molecule has 21 heavy (non-hydrogen) atoms. The van der Waals surface area contributed by atoms with Crippen LogP contribution in [-0.4, -0.2) is 12.5 Å². The van der Waals surface area contributed by atoms with Crippen LogP contribution >= 0.6 is 0 Å². The molecule has 110 valence electrons. The van der Waals surface area contributed by atoms with Crippen molar-refractivity contribution in [2.45, 2.75) is 6.54 Å². The number of hydrogen-bond acceptors (Lipinski definition) is 3. The molecule has 0 aliphatic heterocycles. The maximum Gasteiger partial charge on any atom is 0.258 e. The van der Waals surface area contributed by atoms with Gasteiger partial charge in [0, 0.05) is 12.2 Å². The van der Waals surface area contributed by atoms with Gasteiger partial charge in [0.25, 0.3) is 5.91 Å². The first kappa shape index (κ1) is 14.8. The zero-order chi connectivity index (χ0) is 15.2. The Bertz CT molecular complexity index is 630. The van der Waals surface area contributed by atoms with E-state index in [1.807, 2.05) is 0 Å². The normalized spacial score (nSPS) is 10.2. The average Bonchev–Trinajstić information content (AvgIpc) is 2.48. The number of benzene rings is 2. The highest BCUT2D eigenvalue weighted by Crippen LogP contribution is 2.12. The molecule has 0 heterocycles. The van der Waals surface area contributed by atoms with Crippen molar-refractivity contribution in [3.63, 3.8) is 0 Å². The Kier molecular flexibility index (Phi) is 4.71. The first-order valence-electron chi connectivity index (χ1n) is 6.23. The van der Waals surface area contributed by atoms with Crippen LogP contribution in [0.25, 0.3) is 0 Å². The molecule has 6 heteroatoms. The van der Waals surface area contributed by atoms with E-state index in [4.69, 9.17) is 10.5 Å². The van der Waals surface area contributed by atoms with Crippen LogP contribution in [0.2, 0.25) is 0 Å². The third kappa shape index (κ3) is 4.45. The predicted molar refractivity (Wildman–Crippen MR) is 74.6 cm³/mol. The smallest absolute Gasteiger partial charge is 0.258 e. The number of carbonyl (C=O) groups is 1.